The van der Waals surface area contributed by atoms with Gasteiger partial charge in [0.25, 0.3) is 0 Å². The Morgan fingerprint density at radius 2 is 1.31 bits per heavy atom. The van der Waals surface area contributed by atoms with Gasteiger partial charge in [-0.25, -0.2) is 18.0 Å². The van der Waals surface area contributed by atoms with Crippen molar-refractivity contribution in [1.82, 2.24) is 0 Å². The van der Waals surface area contributed by atoms with Crippen LogP contribution in [0.5, 0.6) is 17.2 Å². The summed E-state index contributed by atoms with van der Waals surface area (Å²) in [7, 11) is 0. The average molecular weight is 635 g/mol. The largest absolute Gasteiger partial charge is 0.490 e. The molecule has 0 saturated heterocycles. The highest BCUT2D eigenvalue weighted by Crippen LogP contribution is 2.40. The van der Waals surface area contributed by atoms with Crippen molar-refractivity contribution in [2.45, 2.75) is 77.6 Å². The predicted molar refractivity (Wildman–Crippen MR) is 159 cm³/mol. The van der Waals surface area contributed by atoms with E-state index in [0.29, 0.717) is 24.8 Å². The van der Waals surface area contributed by atoms with Crippen LogP contribution in [0.4, 0.5) is 26.3 Å². The molecule has 4 rings (SSSR count). The molecule has 10 heteroatoms. The molecule has 0 fully saturated rings. The van der Waals surface area contributed by atoms with Crippen molar-refractivity contribution in [3.63, 3.8) is 0 Å². The third-order valence-corrected chi connectivity index (χ3v) is 7.80. The van der Waals surface area contributed by atoms with Gasteiger partial charge in [0.05, 0.1) is 18.8 Å². The minimum atomic E-state index is -1.51. The second-order valence-electron chi connectivity index (χ2n) is 11.0. The molecule has 0 spiro atoms. The number of carbonyl (C=O) groups excluding carboxylic acids is 1. The molecular weight excluding hydrogens is 598 g/mol. The Morgan fingerprint density at radius 1 is 0.689 bits per heavy atom. The summed E-state index contributed by atoms with van der Waals surface area (Å²) in [6.07, 6.45) is 7.52. The monoisotopic (exact) mass is 634 g/mol. The number of halogens is 6. The molecule has 0 bridgehead atoms. The van der Waals surface area contributed by atoms with E-state index in [1.165, 1.54) is 18.2 Å². The highest BCUT2D eigenvalue weighted by Gasteiger charge is 2.27. The van der Waals surface area contributed by atoms with Gasteiger partial charge in [-0.1, -0.05) is 57.7 Å². The predicted octanol–water partition coefficient (Wildman–Crippen LogP) is 10.2. The molecule has 0 N–H and O–H groups in total. The number of esters is 1. The van der Waals surface area contributed by atoms with Crippen LogP contribution in [0.3, 0.4) is 0 Å². The molecule has 3 aromatic carbocycles. The van der Waals surface area contributed by atoms with Gasteiger partial charge in [0.2, 0.25) is 17.5 Å². The summed E-state index contributed by atoms with van der Waals surface area (Å²) < 4.78 is 104. The van der Waals surface area contributed by atoms with E-state index >= 15 is 8.78 Å². The van der Waals surface area contributed by atoms with Gasteiger partial charge in [0.1, 0.15) is 0 Å². The van der Waals surface area contributed by atoms with Crippen molar-refractivity contribution in [2.75, 3.05) is 13.2 Å². The van der Waals surface area contributed by atoms with Crippen LogP contribution in [0, 0.1) is 34.9 Å². The Hall–Kier alpha value is -3.95. The zero-order chi connectivity index (χ0) is 32.5. The molecule has 1 aliphatic carbocycles. The maximum atomic E-state index is 15.1. The molecule has 45 heavy (non-hydrogen) atoms. The van der Waals surface area contributed by atoms with Crippen LogP contribution in [0.25, 0.3) is 5.57 Å². The van der Waals surface area contributed by atoms with E-state index in [0.717, 1.165) is 43.9 Å². The Bertz CT molecular complexity index is 1540. The van der Waals surface area contributed by atoms with Gasteiger partial charge in [0, 0.05) is 5.56 Å². The zero-order valence-electron chi connectivity index (χ0n) is 25.3. The lowest BCUT2D eigenvalue weighted by atomic mass is 9.82. The molecule has 0 amide bonds. The number of unbranched alkanes of at least 4 members (excludes halogenated alkanes) is 4. The Kier molecular flexibility index (Phi) is 12.0. The van der Waals surface area contributed by atoms with Crippen LogP contribution in [-0.2, 0) is 0 Å². The first kappa shape index (κ1) is 33.9. The molecule has 0 aromatic heterocycles. The summed E-state index contributed by atoms with van der Waals surface area (Å²) in [5.41, 5.74) is -0.307. The Balaban J connectivity index is 1.43. The lowest BCUT2D eigenvalue weighted by molar-refractivity contribution is 0.0720. The van der Waals surface area contributed by atoms with Crippen molar-refractivity contribution in [2.24, 2.45) is 0 Å². The SMILES string of the molecule is CCCCCCOc1ccc(OC(=O)c2ccc(C3=CCC(c4ccc(OCCCC)c(F)c4F)CC3)c(F)c2F)c(F)c1F. The minimum absolute atomic E-state index is 0.105. The van der Waals surface area contributed by atoms with Crippen molar-refractivity contribution in [3.8, 4) is 17.2 Å². The molecule has 1 unspecified atom stereocenters. The fourth-order valence-electron chi connectivity index (χ4n) is 5.19. The van der Waals surface area contributed by atoms with Crippen molar-refractivity contribution >= 4 is 11.5 Å². The van der Waals surface area contributed by atoms with E-state index < -0.39 is 52.2 Å². The maximum absolute atomic E-state index is 15.1. The molecular formula is C35H36F6O4. The highest BCUT2D eigenvalue weighted by molar-refractivity contribution is 5.92. The number of hydrogen-bond acceptors (Lipinski definition) is 4. The molecule has 0 saturated carbocycles. The van der Waals surface area contributed by atoms with Gasteiger partial charge in [-0.2, -0.15) is 13.2 Å². The van der Waals surface area contributed by atoms with E-state index in [9.17, 15) is 22.4 Å². The standard InChI is InChI=1S/C35H36F6O4/c1-3-5-7-8-20-44-27-17-18-28(34(41)33(27)40)45-35(42)25-14-13-23(29(36)31(25)38)21-9-11-22(12-10-21)24-15-16-26(32(39)30(24)37)43-19-6-4-2/h9,13-18,22H,3-8,10-12,19-20H2,1-2H3. The molecule has 4 nitrogen and oxygen atoms in total. The summed E-state index contributed by atoms with van der Waals surface area (Å²) in [6.45, 7) is 4.45. The molecule has 1 atom stereocenters. The number of allylic oxidation sites excluding steroid dienone is 2. The number of hydrogen-bond donors (Lipinski definition) is 0. The fourth-order valence-corrected chi connectivity index (χ4v) is 5.19. The quantitative estimate of drug-likeness (QED) is 0.0766. The smallest absolute Gasteiger partial charge is 0.346 e. The molecule has 3 aromatic rings. The molecule has 1 aliphatic rings. The van der Waals surface area contributed by atoms with E-state index in [4.69, 9.17) is 14.2 Å². The summed E-state index contributed by atoms with van der Waals surface area (Å²) in [5, 5.41) is 0. The topological polar surface area (TPSA) is 44.8 Å². The van der Waals surface area contributed by atoms with Gasteiger partial charge in [-0.3, -0.25) is 0 Å². The first-order valence-corrected chi connectivity index (χ1v) is 15.3. The Morgan fingerprint density at radius 3 is 1.98 bits per heavy atom. The first-order valence-electron chi connectivity index (χ1n) is 15.3. The number of rotatable bonds is 14. The molecule has 0 radical (unpaired) electrons. The lowest BCUT2D eigenvalue weighted by Crippen LogP contribution is -2.14. The highest BCUT2D eigenvalue weighted by atomic mass is 19.2. The van der Waals surface area contributed by atoms with Crippen molar-refractivity contribution < 1.29 is 45.3 Å². The summed E-state index contributed by atoms with van der Waals surface area (Å²) in [6, 6.07) is 7.14. The molecule has 242 valence electrons. The van der Waals surface area contributed by atoms with E-state index in [2.05, 4.69) is 0 Å². The van der Waals surface area contributed by atoms with E-state index in [1.807, 2.05) is 13.8 Å². The van der Waals surface area contributed by atoms with Crippen molar-refractivity contribution in [3.05, 3.63) is 94.1 Å². The van der Waals surface area contributed by atoms with Gasteiger partial charge >= 0.3 is 5.97 Å². The number of carbonyl (C=O) groups is 1. The van der Waals surface area contributed by atoms with Gasteiger partial charge in [0.15, 0.2) is 34.7 Å². The molecule has 0 aliphatic heterocycles. The zero-order valence-corrected chi connectivity index (χ0v) is 25.3. The van der Waals surface area contributed by atoms with Crippen LogP contribution in [0.2, 0.25) is 0 Å². The summed E-state index contributed by atoms with van der Waals surface area (Å²) in [5.74, 6) is -10.9. The fraction of sp³-hybridized carbons (Fsp3) is 0.400. The molecule has 0 heterocycles. The average Bonchev–Trinajstić information content (AvgIpc) is 3.04. The van der Waals surface area contributed by atoms with Crippen LogP contribution in [-0.4, -0.2) is 19.2 Å². The van der Waals surface area contributed by atoms with Crippen LogP contribution in [0.1, 0.15) is 99.0 Å². The second-order valence-corrected chi connectivity index (χ2v) is 11.0. The maximum Gasteiger partial charge on any atom is 0.346 e. The van der Waals surface area contributed by atoms with Crippen molar-refractivity contribution in [1.29, 1.82) is 0 Å². The normalized spacial score (nSPS) is 14.7. The third-order valence-electron chi connectivity index (χ3n) is 7.80. The van der Waals surface area contributed by atoms with Gasteiger partial charge in [-0.15, -0.1) is 0 Å². The van der Waals surface area contributed by atoms with Gasteiger partial charge in [-0.05, 0) is 73.4 Å². The summed E-state index contributed by atoms with van der Waals surface area (Å²) in [4.78, 5) is 12.6. The van der Waals surface area contributed by atoms with Crippen LogP contribution >= 0.6 is 0 Å². The van der Waals surface area contributed by atoms with E-state index in [-0.39, 0.29) is 54.6 Å². The third kappa shape index (κ3) is 8.02. The minimum Gasteiger partial charge on any atom is -0.490 e. The second kappa shape index (κ2) is 15.9. The summed E-state index contributed by atoms with van der Waals surface area (Å²) >= 11 is 0. The van der Waals surface area contributed by atoms with E-state index in [1.54, 1.807) is 6.08 Å². The number of benzene rings is 3. The Labute approximate surface area is 259 Å². The number of ether oxygens (including phenoxy) is 3. The van der Waals surface area contributed by atoms with Gasteiger partial charge < -0.3 is 14.2 Å². The lowest BCUT2D eigenvalue weighted by Gasteiger charge is -2.24. The van der Waals surface area contributed by atoms with Crippen LogP contribution in [0.15, 0.2) is 42.5 Å². The van der Waals surface area contributed by atoms with Crippen LogP contribution < -0.4 is 14.2 Å². The first-order chi connectivity index (χ1) is 21.7.